The molecule has 0 saturated heterocycles. The Hall–Kier alpha value is -1.04. The Labute approximate surface area is 121 Å². The summed E-state index contributed by atoms with van der Waals surface area (Å²) in [4.78, 5) is 0. The van der Waals surface area contributed by atoms with E-state index in [1.54, 1.807) is 6.20 Å². The second kappa shape index (κ2) is 7.41. The predicted octanol–water partition coefficient (Wildman–Crippen LogP) is 2.45. The highest BCUT2D eigenvalue weighted by atomic mass is 79.9. The minimum Gasteiger partial charge on any atom is -0.489 e. The van der Waals surface area contributed by atoms with Crippen molar-refractivity contribution in [2.45, 2.75) is 6.54 Å². The molecule has 0 fully saturated rings. The first-order valence-electron chi connectivity index (χ1n) is 5.37. The van der Waals surface area contributed by atoms with Gasteiger partial charge in [0.2, 0.25) is 0 Å². The van der Waals surface area contributed by atoms with Crippen LogP contribution in [-0.4, -0.2) is 22.9 Å². The lowest BCUT2D eigenvalue weighted by molar-refractivity contribution is 0.328. The molecule has 0 unspecified atom stereocenters. The van der Waals surface area contributed by atoms with Crippen LogP contribution < -0.4 is 10.5 Å². The van der Waals surface area contributed by atoms with E-state index in [1.165, 1.54) is 5.56 Å². The third-order valence-corrected chi connectivity index (χ3v) is 2.72. The average Bonchev–Trinajstić information content (AvgIpc) is 2.74. The number of nitrogens with two attached hydrogens (primary N) is 1. The smallest absolute Gasteiger partial charge is 0.157 e. The van der Waals surface area contributed by atoms with Crippen LogP contribution in [0.5, 0.6) is 5.75 Å². The Bertz CT molecular complexity index is 490. The number of ether oxygens (including phenoxy) is 1. The fourth-order valence-corrected chi connectivity index (χ4v) is 1.95. The Morgan fingerprint density at radius 1 is 1.39 bits per heavy atom. The molecule has 0 aliphatic heterocycles. The summed E-state index contributed by atoms with van der Waals surface area (Å²) in [5.41, 5.74) is 6.55. The molecule has 0 aliphatic rings. The highest BCUT2D eigenvalue weighted by Gasteiger charge is 2.00. The molecule has 98 valence electrons. The van der Waals surface area contributed by atoms with Gasteiger partial charge in [0.25, 0.3) is 0 Å². The molecule has 18 heavy (non-hydrogen) atoms. The number of benzene rings is 1. The van der Waals surface area contributed by atoms with Gasteiger partial charge in [-0.05, 0) is 17.7 Å². The third-order valence-electron chi connectivity index (χ3n) is 2.23. The molecule has 2 N–H and O–H groups in total. The maximum absolute atomic E-state index is 5.38. The zero-order chi connectivity index (χ0) is 12.1. The molecule has 1 aromatic heterocycles. The van der Waals surface area contributed by atoms with E-state index < -0.39 is 0 Å². The van der Waals surface area contributed by atoms with Gasteiger partial charge in [0.15, 0.2) is 5.75 Å². The van der Waals surface area contributed by atoms with Gasteiger partial charge in [-0.15, -0.1) is 12.4 Å². The van der Waals surface area contributed by atoms with Crippen LogP contribution in [0.1, 0.15) is 5.56 Å². The van der Waals surface area contributed by atoms with Crippen LogP contribution in [0.4, 0.5) is 0 Å². The lowest BCUT2D eigenvalue weighted by Crippen LogP contribution is -2.10. The van der Waals surface area contributed by atoms with Crippen molar-refractivity contribution >= 4 is 28.3 Å². The molecule has 0 atom stereocenters. The van der Waals surface area contributed by atoms with E-state index in [1.807, 2.05) is 23.0 Å². The zero-order valence-corrected chi connectivity index (χ0v) is 12.2. The molecule has 0 bridgehead atoms. The van der Waals surface area contributed by atoms with Gasteiger partial charge < -0.3 is 10.5 Å². The summed E-state index contributed by atoms with van der Waals surface area (Å²) < 4.78 is 8.29. The van der Waals surface area contributed by atoms with Crippen LogP contribution >= 0.6 is 28.3 Å². The number of nitrogens with zero attached hydrogens (tertiary/aromatic N) is 2. The van der Waals surface area contributed by atoms with Gasteiger partial charge in [-0.2, -0.15) is 5.10 Å². The van der Waals surface area contributed by atoms with E-state index in [4.69, 9.17) is 10.5 Å². The summed E-state index contributed by atoms with van der Waals surface area (Å²) in [5, 5.41) is 4.23. The SMILES string of the molecule is Cl.NCCOc1cnn(Cc2cccc(Br)c2)c1. The van der Waals surface area contributed by atoms with Crippen molar-refractivity contribution < 1.29 is 4.74 Å². The summed E-state index contributed by atoms with van der Waals surface area (Å²) in [6.45, 7) is 1.75. The molecule has 0 saturated carbocycles. The Morgan fingerprint density at radius 2 is 2.22 bits per heavy atom. The third kappa shape index (κ3) is 4.33. The van der Waals surface area contributed by atoms with Gasteiger partial charge in [-0.3, -0.25) is 4.68 Å². The molecule has 1 heterocycles. The molecular weight excluding hydrogens is 318 g/mol. The topological polar surface area (TPSA) is 53.1 Å². The highest BCUT2D eigenvalue weighted by molar-refractivity contribution is 9.10. The quantitative estimate of drug-likeness (QED) is 0.915. The van der Waals surface area contributed by atoms with Crippen molar-refractivity contribution in [1.29, 1.82) is 0 Å². The lowest BCUT2D eigenvalue weighted by atomic mass is 10.2. The fourth-order valence-electron chi connectivity index (χ4n) is 1.50. The molecule has 1 aromatic carbocycles. The number of rotatable bonds is 5. The minimum atomic E-state index is 0. The molecule has 0 amide bonds. The van der Waals surface area contributed by atoms with E-state index in [9.17, 15) is 0 Å². The molecule has 2 aromatic rings. The Balaban J connectivity index is 0.00000162. The maximum atomic E-state index is 5.38. The van der Waals surface area contributed by atoms with E-state index >= 15 is 0 Å². The van der Waals surface area contributed by atoms with Crippen LogP contribution in [-0.2, 0) is 6.54 Å². The summed E-state index contributed by atoms with van der Waals surface area (Å²) in [5.74, 6) is 0.755. The Morgan fingerprint density at radius 3 is 2.94 bits per heavy atom. The maximum Gasteiger partial charge on any atom is 0.157 e. The fraction of sp³-hybridized carbons (Fsp3) is 0.250. The molecule has 0 spiro atoms. The largest absolute Gasteiger partial charge is 0.489 e. The van der Waals surface area contributed by atoms with Gasteiger partial charge in [0.1, 0.15) is 6.61 Å². The first-order valence-corrected chi connectivity index (χ1v) is 6.17. The van der Waals surface area contributed by atoms with E-state index in [0.29, 0.717) is 13.2 Å². The van der Waals surface area contributed by atoms with Crippen molar-refractivity contribution in [3.8, 4) is 5.75 Å². The minimum absolute atomic E-state index is 0. The van der Waals surface area contributed by atoms with Crippen molar-refractivity contribution in [2.24, 2.45) is 5.73 Å². The number of hydrogen-bond acceptors (Lipinski definition) is 3. The molecule has 0 radical (unpaired) electrons. The molecule has 0 aliphatic carbocycles. The van der Waals surface area contributed by atoms with Gasteiger partial charge in [0, 0.05) is 11.0 Å². The zero-order valence-electron chi connectivity index (χ0n) is 9.75. The number of hydrogen-bond donors (Lipinski definition) is 1. The van der Waals surface area contributed by atoms with Crippen LogP contribution in [0, 0.1) is 0 Å². The second-order valence-electron chi connectivity index (χ2n) is 3.64. The van der Waals surface area contributed by atoms with E-state index in [2.05, 4.69) is 33.2 Å². The summed E-state index contributed by atoms with van der Waals surface area (Å²) >= 11 is 3.45. The lowest BCUT2D eigenvalue weighted by Gasteiger charge is -2.02. The van der Waals surface area contributed by atoms with Crippen LogP contribution in [0.15, 0.2) is 41.1 Å². The normalized spacial score (nSPS) is 9.89. The van der Waals surface area contributed by atoms with Gasteiger partial charge in [-0.25, -0.2) is 0 Å². The standard InChI is InChI=1S/C12H14BrN3O.ClH/c13-11-3-1-2-10(6-11)8-16-9-12(7-15-16)17-5-4-14;/h1-3,6-7,9H,4-5,8,14H2;1H. The van der Waals surface area contributed by atoms with Crippen LogP contribution in [0.2, 0.25) is 0 Å². The first-order chi connectivity index (χ1) is 8.28. The summed E-state index contributed by atoms with van der Waals surface area (Å²) in [6.07, 6.45) is 3.57. The second-order valence-corrected chi connectivity index (χ2v) is 4.56. The van der Waals surface area contributed by atoms with Crippen molar-refractivity contribution in [1.82, 2.24) is 9.78 Å². The van der Waals surface area contributed by atoms with Gasteiger partial charge >= 0.3 is 0 Å². The van der Waals surface area contributed by atoms with Crippen LogP contribution in [0.3, 0.4) is 0 Å². The van der Waals surface area contributed by atoms with Crippen molar-refractivity contribution in [2.75, 3.05) is 13.2 Å². The molecule has 4 nitrogen and oxygen atoms in total. The monoisotopic (exact) mass is 331 g/mol. The number of halogens is 2. The predicted molar refractivity (Wildman–Crippen MR) is 77.3 cm³/mol. The molecule has 2 rings (SSSR count). The van der Waals surface area contributed by atoms with Crippen molar-refractivity contribution in [3.05, 3.63) is 46.7 Å². The average molecular weight is 333 g/mol. The highest BCUT2D eigenvalue weighted by Crippen LogP contribution is 2.14. The van der Waals surface area contributed by atoms with Gasteiger partial charge in [-0.1, -0.05) is 28.1 Å². The van der Waals surface area contributed by atoms with Crippen molar-refractivity contribution in [3.63, 3.8) is 0 Å². The molecule has 6 heteroatoms. The Kier molecular flexibility index (Phi) is 6.18. The van der Waals surface area contributed by atoms with E-state index in [0.717, 1.165) is 16.8 Å². The molecular formula is C12H15BrClN3O. The van der Waals surface area contributed by atoms with Gasteiger partial charge in [0.05, 0.1) is 18.9 Å². The first kappa shape index (κ1) is 15.0. The summed E-state index contributed by atoms with van der Waals surface area (Å²) in [6, 6.07) is 8.14. The number of aromatic nitrogens is 2. The van der Waals surface area contributed by atoms with Crippen LogP contribution in [0.25, 0.3) is 0 Å². The summed E-state index contributed by atoms with van der Waals surface area (Å²) in [7, 11) is 0. The van der Waals surface area contributed by atoms with E-state index in [-0.39, 0.29) is 12.4 Å².